The number of aryl methyl sites for hydroxylation is 1. The minimum atomic E-state index is -0.541. The van der Waals surface area contributed by atoms with Gasteiger partial charge in [0.1, 0.15) is 0 Å². The third kappa shape index (κ3) is 5.08. The number of hydrogen-bond acceptors (Lipinski definition) is 3. The molecule has 1 aromatic carbocycles. The second-order valence-electron chi connectivity index (χ2n) is 5.98. The van der Waals surface area contributed by atoms with Crippen LogP contribution in [-0.4, -0.2) is 50.2 Å². The van der Waals surface area contributed by atoms with Crippen LogP contribution in [0, 0.1) is 13.5 Å². The monoisotopic (exact) mass is 318 g/mol. The summed E-state index contributed by atoms with van der Waals surface area (Å²) in [4.78, 5) is 27.8. The van der Waals surface area contributed by atoms with Gasteiger partial charge in [0.05, 0.1) is 45.1 Å². The molecule has 0 bridgehead atoms. The standard InChI is InChI=1S/C17H23N3O3/c1-7-20(5,6)11-15(21)19-16-12(3)9-13(18-4)10-14(16)17(22)23-8-2/h9-10H,7-8,11H2,1-3,5-6H3/p+1. The van der Waals surface area contributed by atoms with E-state index in [1.165, 1.54) is 6.07 Å². The summed E-state index contributed by atoms with van der Waals surface area (Å²) < 4.78 is 5.57. The molecule has 6 heteroatoms. The predicted octanol–water partition coefficient (Wildman–Crippen LogP) is 2.76. The van der Waals surface area contributed by atoms with Crippen LogP contribution < -0.4 is 5.32 Å². The second-order valence-corrected chi connectivity index (χ2v) is 5.98. The van der Waals surface area contributed by atoms with Crippen LogP contribution >= 0.6 is 0 Å². The molecule has 0 atom stereocenters. The first-order valence-corrected chi connectivity index (χ1v) is 7.55. The van der Waals surface area contributed by atoms with Crippen LogP contribution in [0.5, 0.6) is 0 Å². The first kappa shape index (κ1) is 18.7. The average Bonchev–Trinajstić information content (AvgIpc) is 2.48. The van der Waals surface area contributed by atoms with Gasteiger partial charge < -0.3 is 14.5 Å². The molecule has 0 radical (unpaired) electrons. The lowest BCUT2D eigenvalue weighted by Gasteiger charge is -2.27. The third-order valence-electron chi connectivity index (χ3n) is 3.64. The van der Waals surface area contributed by atoms with Gasteiger partial charge in [-0.1, -0.05) is 6.07 Å². The molecular weight excluding hydrogens is 294 g/mol. The van der Waals surface area contributed by atoms with E-state index in [1.54, 1.807) is 19.9 Å². The van der Waals surface area contributed by atoms with Gasteiger partial charge >= 0.3 is 5.97 Å². The number of hydrogen-bond donors (Lipinski definition) is 1. The van der Waals surface area contributed by atoms with Crippen molar-refractivity contribution in [2.45, 2.75) is 20.8 Å². The number of amides is 1. The summed E-state index contributed by atoms with van der Waals surface area (Å²) in [6.07, 6.45) is 0. The molecule has 6 nitrogen and oxygen atoms in total. The SMILES string of the molecule is [C-]#[N+]c1cc(C)c(NC(=O)C[N+](C)(C)CC)c(C(=O)OCC)c1. The maximum absolute atomic E-state index is 12.3. The number of esters is 1. The van der Waals surface area contributed by atoms with Crippen molar-refractivity contribution in [3.63, 3.8) is 0 Å². The molecule has 0 saturated heterocycles. The quantitative estimate of drug-likeness (QED) is 0.498. The molecule has 0 unspecified atom stereocenters. The summed E-state index contributed by atoms with van der Waals surface area (Å²) in [6, 6.07) is 3.10. The minimum Gasteiger partial charge on any atom is -0.462 e. The van der Waals surface area contributed by atoms with Crippen LogP contribution in [0.4, 0.5) is 11.4 Å². The van der Waals surface area contributed by atoms with Crippen molar-refractivity contribution >= 4 is 23.3 Å². The van der Waals surface area contributed by atoms with Gasteiger partial charge in [0, 0.05) is 0 Å². The summed E-state index contributed by atoms with van der Waals surface area (Å²) in [5.41, 5.74) is 1.63. The van der Waals surface area contributed by atoms with Crippen LogP contribution in [0.3, 0.4) is 0 Å². The molecule has 0 aliphatic heterocycles. The first-order valence-electron chi connectivity index (χ1n) is 7.55. The highest BCUT2D eigenvalue weighted by atomic mass is 16.5. The molecule has 0 aliphatic rings. The fourth-order valence-corrected chi connectivity index (χ4v) is 2.05. The molecule has 0 fully saturated rings. The van der Waals surface area contributed by atoms with E-state index in [9.17, 15) is 9.59 Å². The first-order chi connectivity index (χ1) is 10.7. The lowest BCUT2D eigenvalue weighted by molar-refractivity contribution is -0.880. The van der Waals surface area contributed by atoms with Gasteiger partial charge in [0.15, 0.2) is 12.2 Å². The molecule has 0 heterocycles. The number of carbonyl (C=O) groups is 2. The summed E-state index contributed by atoms with van der Waals surface area (Å²) in [6.45, 7) is 13.9. The van der Waals surface area contributed by atoms with Crippen molar-refractivity contribution in [3.8, 4) is 0 Å². The molecule has 0 spiro atoms. The Bertz CT molecular complexity index is 645. The number of nitrogens with zero attached hydrogens (tertiary/aromatic N) is 2. The summed E-state index contributed by atoms with van der Waals surface area (Å²) in [5, 5.41) is 2.80. The van der Waals surface area contributed by atoms with Gasteiger partial charge in [0.2, 0.25) is 0 Å². The van der Waals surface area contributed by atoms with E-state index in [1.807, 2.05) is 21.0 Å². The Morgan fingerprint density at radius 1 is 1.30 bits per heavy atom. The van der Waals surface area contributed by atoms with Crippen molar-refractivity contribution in [1.82, 2.24) is 0 Å². The van der Waals surface area contributed by atoms with E-state index >= 15 is 0 Å². The Hall–Kier alpha value is -2.39. The van der Waals surface area contributed by atoms with E-state index in [0.717, 1.165) is 6.54 Å². The summed E-state index contributed by atoms with van der Waals surface area (Å²) in [7, 11) is 3.92. The van der Waals surface area contributed by atoms with Crippen LogP contribution in [0.25, 0.3) is 4.85 Å². The second kappa shape index (κ2) is 7.75. The van der Waals surface area contributed by atoms with E-state index in [-0.39, 0.29) is 18.1 Å². The molecule has 0 aromatic heterocycles. The number of rotatable bonds is 6. The van der Waals surface area contributed by atoms with Gasteiger partial charge in [-0.25, -0.2) is 9.64 Å². The number of anilines is 1. The van der Waals surface area contributed by atoms with Gasteiger partial charge in [0.25, 0.3) is 5.91 Å². The lowest BCUT2D eigenvalue weighted by atomic mass is 10.1. The van der Waals surface area contributed by atoms with Gasteiger partial charge in [-0.2, -0.15) is 0 Å². The van der Waals surface area contributed by atoms with Crippen molar-refractivity contribution in [3.05, 3.63) is 34.7 Å². The molecule has 0 aliphatic carbocycles. The van der Waals surface area contributed by atoms with E-state index in [0.29, 0.717) is 28.0 Å². The number of ether oxygens (including phenoxy) is 1. The average molecular weight is 318 g/mol. The Labute approximate surface area is 137 Å². The molecule has 124 valence electrons. The van der Waals surface area contributed by atoms with E-state index in [2.05, 4.69) is 10.2 Å². The predicted molar refractivity (Wildman–Crippen MR) is 89.5 cm³/mol. The van der Waals surface area contributed by atoms with Crippen LogP contribution in [-0.2, 0) is 9.53 Å². The van der Waals surface area contributed by atoms with Gasteiger partial charge in [-0.05, 0) is 32.4 Å². The Balaban J connectivity index is 3.17. The van der Waals surface area contributed by atoms with Crippen molar-refractivity contribution in [2.75, 3.05) is 39.1 Å². The van der Waals surface area contributed by atoms with Gasteiger partial charge in [-0.15, -0.1) is 0 Å². The number of carbonyl (C=O) groups excluding carboxylic acids is 2. The third-order valence-corrected chi connectivity index (χ3v) is 3.64. The zero-order chi connectivity index (χ0) is 17.6. The molecule has 1 N–H and O–H groups in total. The Morgan fingerprint density at radius 2 is 1.96 bits per heavy atom. The highest BCUT2D eigenvalue weighted by Crippen LogP contribution is 2.28. The molecule has 0 saturated carbocycles. The number of benzene rings is 1. The summed E-state index contributed by atoms with van der Waals surface area (Å²) in [5.74, 6) is -0.721. The fraction of sp³-hybridized carbons (Fsp3) is 0.471. The van der Waals surface area contributed by atoms with Crippen molar-refractivity contribution in [2.24, 2.45) is 0 Å². The molecule has 1 aromatic rings. The largest absolute Gasteiger partial charge is 0.462 e. The van der Waals surface area contributed by atoms with Crippen LogP contribution in [0.15, 0.2) is 12.1 Å². The highest BCUT2D eigenvalue weighted by Gasteiger charge is 2.22. The maximum atomic E-state index is 12.3. The zero-order valence-corrected chi connectivity index (χ0v) is 14.4. The highest BCUT2D eigenvalue weighted by molar-refractivity contribution is 6.03. The Morgan fingerprint density at radius 3 is 2.48 bits per heavy atom. The van der Waals surface area contributed by atoms with Crippen molar-refractivity contribution in [1.29, 1.82) is 0 Å². The van der Waals surface area contributed by atoms with Crippen molar-refractivity contribution < 1.29 is 18.8 Å². The smallest absolute Gasteiger partial charge is 0.338 e. The Kier molecular flexibility index (Phi) is 6.28. The van der Waals surface area contributed by atoms with Gasteiger partial charge in [-0.3, -0.25) is 4.79 Å². The van der Waals surface area contributed by atoms with Crippen LogP contribution in [0.1, 0.15) is 29.8 Å². The van der Waals surface area contributed by atoms with E-state index in [4.69, 9.17) is 11.3 Å². The normalized spacial score (nSPS) is 10.8. The maximum Gasteiger partial charge on any atom is 0.338 e. The summed E-state index contributed by atoms with van der Waals surface area (Å²) >= 11 is 0. The number of likely N-dealkylation sites (N-methyl/N-ethyl adjacent to an activating group) is 1. The molecule has 23 heavy (non-hydrogen) atoms. The molecule has 1 amide bonds. The minimum absolute atomic E-state index is 0.180. The van der Waals surface area contributed by atoms with E-state index < -0.39 is 5.97 Å². The van der Waals surface area contributed by atoms with Crippen LogP contribution in [0.2, 0.25) is 0 Å². The molecular formula is C17H24N3O3+. The zero-order valence-electron chi connectivity index (χ0n) is 14.4. The lowest BCUT2D eigenvalue weighted by Crippen LogP contribution is -2.45. The molecule has 1 rings (SSSR count). The number of nitrogens with one attached hydrogen (secondary N) is 1. The topological polar surface area (TPSA) is 59.8 Å². The fourth-order valence-electron chi connectivity index (χ4n) is 2.05. The number of quaternary nitrogens is 1.